The quantitative estimate of drug-likeness (QED) is 0.842. The normalized spacial score (nSPS) is 19.0. The second-order valence-corrected chi connectivity index (χ2v) is 5.14. The number of carboxylic acids is 1. The monoisotopic (exact) mass is 283 g/mol. The van der Waals surface area contributed by atoms with Gasteiger partial charge in [-0.1, -0.05) is 6.07 Å². The Balaban J connectivity index is 2.17. The average molecular weight is 283 g/mol. The summed E-state index contributed by atoms with van der Waals surface area (Å²) in [6.45, 7) is 0. The Labute approximate surface area is 112 Å². The second-order valence-electron chi connectivity index (χ2n) is 3.94. The number of imide groups is 1. The molecule has 1 atom stereocenters. The molecule has 2 rings (SSSR count). The molecule has 0 bridgehead atoms. The van der Waals surface area contributed by atoms with Crippen LogP contribution in [0.1, 0.15) is 6.42 Å². The van der Waals surface area contributed by atoms with Crippen LogP contribution in [0.4, 0.5) is 10.1 Å². The highest BCUT2D eigenvalue weighted by molar-refractivity contribution is 8.01. The first-order valence-corrected chi connectivity index (χ1v) is 6.49. The van der Waals surface area contributed by atoms with Crippen LogP contribution in [0.25, 0.3) is 0 Å². The van der Waals surface area contributed by atoms with Gasteiger partial charge in [0.1, 0.15) is 5.82 Å². The third-order valence-corrected chi connectivity index (χ3v) is 3.76. The van der Waals surface area contributed by atoms with E-state index in [-0.39, 0.29) is 17.9 Å². The van der Waals surface area contributed by atoms with Crippen LogP contribution < -0.4 is 4.90 Å². The number of halogens is 1. The zero-order valence-electron chi connectivity index (χ0n) is 9.71. The zero-order valence-corrected chi connectivity index (χ0v) is 10.5. The predicted molar refractivity (Wildman–Crippen MR) is 67.4 cm³/mol. The summed E-state index contributed by atoms with van der Waals surface area (Å²) in [5.41, 5.74) is 0.174. The molecule has 0 aromatic heterocycles. The van der Waals surface area contributed by atoms with Crippen LogP contribution in [0.3, 0.4) is 0 Å². The Morgan fingerprint density at radius 3 is 2.84 bits per heavy atom. The van der Waals surface area contributed by atoms with Gasteiger partial charge < -0.3 is 5.11 Å². The van der Waals surface area contributed by atoms with Gasteiger partial charge in [-0.15, -0.1) is 11.8 Å². The summed E-state index contributed by atoms with van der Waals surface area (Å²) in [6.07, 6.45) is -0.0622. The van der Waals surface area contributed by atoms with Gasteiger partial charge >= 0.3 is 5.97 Å². The number of rotatable bonds is 4. The molecule has 0 radical (unpaired) electrons. The molecule has 1 aromatic carbocycles. The largest absolute Gasteiger partial charge is 0.481 e. The molecule has 1 heterocycles. The van der Waals surface area contributed by atoms with Crippen molar-refractivity contribution in [3.8, 4) is 0 Å². The lowest BCUT2D eigenvalue weighted by Gasteiger charge is -2.14. The molecular weight excluding hydrogens is 273 g/mol. The molecule has 1 aliphatic rings. The number of nitrogens with zero attached hydrogens (tertiary/aromatic N) is 1. The molecule has 0 spiro atoms. The van der Waals surface area contributed by atoms with E-state index < -0.39 is 28.9 Å². The highest BCUT2D eigenvalue weighted by atomic mass is 32.2. The summed E-state index contributed by atoms with van der Waals surface area (Å²) in [5.74, 6) is -2.78. The molecule has 1 fully saturated rings. The molecule has 19 heavy (non-hydrogen) atoms. The molecule has 1 aliphatic heterocycles. The van der Waals surface area contributed by atoms with Crippen molar-refractivity contribution in [1.29, 1.82) is 0 Å². The van der Waals surface area contributed by atoms with E-state index in [0.717, 1.165) is 22.7 Å². The third-order valence-electron chi connectivity index (χ3n) is 2.58. The van der Waals surface area contributed by atoms with E-state index in [4.69, 9.17) is 5.11 Å². The summed E-state index contributed by atoms with van der Waals surface area (Å²) < 4.78 is 13.1. The minimum atomic E-state index is -1.05. The molecule has 7 heteroatoms. The Kier molecular flexibility index (Phi) is 3.84. The van der Waals surface area contributed by atoms with Crippen LogP contribution in [-0.2, 0) is 14.4 Å². The van der Waals surface area contributed by atoms with E-state index in [1.165, 1.54) is 18.2 Å². The fourth-order valence-electron chi connectivity index (χ4n) is 1.79. The fourth-order valence-corrected chi connectivity index (χ4v) is 2.64. The van der Waals surface area contributed by atoms with Crippen LogP contribution in [-0.4, -0.2) is 33.9 Å². The molecule has 0 aliphatic carbocycles. The van der Waals surface area contributed by atoms with E-state index >= 15 is 0 Å². The number of carboxylic acid groups (broad SMARTS) is 1. The number of hydrogen-bond acceptors (Lipinski definition) is 4. The van der Waals surface area contributed by atoms with Crippen molar-refractivity contribution >= 4 is 35.2 Å². The van der Waals surface area contributed by atoms with Gasteiger partial charge in [-0.05, 0) is 18.2 Å². The molecule has 2 amide bonds. The lowest BCUT2D eigenvalue weighted by atomic mass is 10.3. The molecule has 1 N–H and O–H groups in total. The number of anilines is 1. The van der Waals surface area contributed by atoms with Gasteiger partial charge in [0.05, 0.1) is 16.7 Å². The van der Waals surface area contributed by atoms with E-state index in [0.29, 0.717) is 0 Å². The van der Waals surface area contributed by atoms with E-state index in [2.05, 4.69) is 0 Å². The van der Waals surface area contributed by atoms with Gasteiger partial charge in [-0.25, -0.2) is 9.29 Å². The highest BCUT2D eigenvalue weighted by Gasteiger charge is 2.40. The van der Waals surface area contributed by atoms with Crippen molar-refractivity contribution in [3.63, 3.8) is 0 Å². The maximum absolute atomic E-state index is 13.1. The molecule has 1 aromatic rings. The molecule has 1 saturated heterocycles. The van der Waals surface area contributed by atoms with Crippen LogP contribution >= 0.6 is 11.8 Å². The van der Waals surface area contributed by atoms with Crippen molar-refractivity contribution in [2.24, 2.45) is 0 Å². The van der Waals surface area contributed by atoms with E-state index in [1.54, 1.807) is 0 Å². The first kappa shape index (κ1) is 13.5. The number of hydrogen-bond donors (Lipinski definition) is 1. The standard InChI is InChI=1S/C12H10FNO4S/c13-7-2-1-3-8(4-7)14-10(15)5-9(12(14)18)19-6-11(16)17/h1-4,9H,5-6H2,(H,16,17)/t9-/m1/s1. The number of aliphatic carboxylic acids is 1. The Morgan fingerprint density at radius 2 is 2.21 bits per heavy atom. The maximum atomic E-state index is 13.1. The lowest BCUT2D eigenvalue weighted by Crippen LogP contribution is -2.31. The van der Waals surface area contributed by atoms with Gasteiger partial charge in [0, 0.05) is 6.42 Å². The Hall–Kier alpha value is -1.89. The minimum Gasteiger partial charge on any atom is -0.481 e. The van der Waals surface area contributed by atoms with Crippen LogP contribution in [0.15, 0.2) is 24.3 Å². The minimum absolute atomic E-state index is 0.0622. The van der Waals surface area contributed by atoms with Gasteiger partial charge in [0.2, 0.25) is 11.8 Å². The Morgan fingerprint density at radius 1 is 1.47 bits per heavy atom. The van der Waals surface area contributed by atoms with Crippen LogP contribution in [0.5, 0.6) is 0 Å². The number of benzene rings is 1. The smallest absolute Gasteiger partial charge is 0.313 e. The summed E-state index contributed by atoms with van der Waals surface area (Å²) in [7, 11) is 0. The van der Waals surface area contributed by atoms with Crippen molar-refractivity contribution in [1.82, 2.24) is 0 Å². The maximum Gasteiger partial charge on any atom is 0.313 e. The van der Waals surface area contributed by atoms with E-state index in [9.17, 15) is 18.8 Å². The van der Waals surface area contributed by atoms with Crippen molar-refractivity contribution in [2.75, 3.05) is 10.7 Å². The predicted octanol–water partition coefficient (Wildman–Crippen LogP) is 1.28. The van der Waals surface area contributed by atoms with Gasteiger partial charge in [-0.2, -0.15) is 0 Å². The van der Waals surface area contributed by atoms with Crippen LogP contribution in [0, 0.1) is 5.82 Å². The molecule has 5 nitrogen and oxygen atoms in total. The summed E-state index contributed by atoms with van der Waals surface area (Å²) in [6, 6.07) is 5.18. The average Bonchev–Trinajstić information content (AvgIpc) is 2.62. The molecule has 0 saturated carbocycles. The fraction of sp³-hybridized carbons (Fsp3) is 0.250. The molecule has 0 unspecified atom stereocenters. The topological polar surface area (TPSA) is 74.7 Å². The second kappa shape index (κ2) is 5.40. The summed E-state index contributed by atoms with van der Waals surface area (Å²) >= 11 is 0.901. The first-order chi connectivity index (χ1) is 8.99. The lowest BCUT2D eigenvalue weighted by molar-refractivity contribution is -0.134. The molecular formula is C12H10FNO4S. The summed E-state index contributed by atoms with van der Waals surface area (Å²) in [4.78, 5) is 35.1. The number of amides is 2. The number of carbonyl (C=O) groups excluding carboxylic acids is 2. The molecule has 100 valence electrons. The summed E-state index contributed by atoms with van der Waals surface area (Å²) in [5, 5.41) is 7.85. The van der Waals surface area contributed by atoms with Crippen LogP contribution in [0.2, 0.25) is 0 Å². The van der Waals surface area contributed by atoms with Gasteiger partial charge in [0.15, 0.2) is 0 Å². The highest BCUT2D eigenvalue weighted by Crippen LogP contribution is 2.29. The SMILES string of the molecule is O=C(O)CS[C@@H]1CC(=O)N(c2cccc(F)c2)C1=O. The first-order valence-electron chi connectivity index (χ1n) is 5.45. The van der Waals surface area contributed by atoms with Gasteiger partial charge in [-0.3, -0.25) is 14.4 Å². The van der Waals surface area contributed by atoms with Crippen molar-refractivity contribution < 1.29 is 23.9 Å². The number of thioether (sulfide) groups is 1. The Bertz CT molecular complexity index is 548. The number of carbonyl (C=O) groups is 3. The zero-order chi connectivity index (χ0) is 14.0. The van der Waals surface area contributed by atoms with E-state index in [1.807, 2.05) is 0 Å². The van der Waals surface area contributed by atoms with Crippen molar-refractivity contribution in [2.45, 2.75) is 11.7 Å². The van der Waals surface area contributed by atoms with Gasteiger partial charge in [0.25, 0.3) is 0 Å². The third kappa shape index (κ3) is 2.93. The van der Waals surface area contributed by atoms with Crippen molar-refractivity contribution in [3.05, 3.63) is 30.1 Å².